The molecule has 2 aromatic carbocycles. The molecule has 0 spiro atoms. The van der Waals surface area contributed by atoms with E-state index < -0.39 is 17.9 Å². The van der Waals surface area contributed by atoms with Gasteiger partial charge in [-0.15, -0.1) is 0 Å². The molecule has 0 fully saturated rings. The number of rotatable bonds is 7. The zero-order valence-electron chi connectivity index (χ0n) is 13.3. The fourth-order valence-electron chi connectivity index (χ4n) is 2.17. The number of hydroxylamine groups is 1. The summed E-state index contributed by atoms with van der Waals surface area (Å²) in [6, 6.07) is 14.9. The molecule has 0 aliphatic heterocycles. The van der Waals surface area contributed by atoms with E-state index in [0.29, 0.717) is 16.7 Å². The molecule has 0 aliphatic rings. The Hall–Kier alpha value is -3.03. The molecule has 4 N–H and O–H groups in total. The van der Waals surface area contributed by atoms with Gasteiger partial charge in [0.05, 0.1) is 12.5 Å². The third-order valence-corrected chi connectivity index (χ3v) is 3.49. The minimum Gasteiger partial charge on any atom is -0.391 e. The monoisotopic (exact) mass is 342 g/mol. The van der Waals surface area contributed by atoms with E-state index in [-0.39, 0.29) is 18.7 Å². The van der Waals surface area contributed by atoms with Crippen LogP contribution in [-0.2, 0) is 4.79 Å². The molecule has 0 bridgehead atoms. The molecule has 25 heavy (non-hydrogen) atoms. The highest BCUT2D eigenvalue weighted by Crippen LogP contribution is 2.11. The molecule has 2 rings (SSSR count). The van der Waals surface area contributed by atoms with Crippen LogP contribution in [0.3, 0.4) is 0 Å². The van der Waals surface area contributed by atoms with Crippen molar-refractivity contribution in [3.05, 3.63) is 71.3 Å². The highest BCUT2D eigenvalue weighted by atomic mass is 16.5. The van der Waals surface area contributed by atoms with Crippen molar-refractivity contribution in [3.63, 3.8) is 0 Å². The average molecular weight is 342 g/mol. The molecule has 0 aliphatic carbocycles. The van der Waals surface area contributed by atoms with Gasteiger partial charge in [-0.1, -0.05) is 42.5 Å². The van der Waals surface area contributed by atoms with E-state index in [1.54, 1.807) is 36.4 Å². The molecule has 1 atom stereocenters. The van der Waals surface area contributed by atoms with Gasteiger partial charge in [0.2, 0.25) is 5.91 Å². The summed E-state index contributed by atoms with van der Waals surface area (Å²) in [6.45, 7) is -0.142. The standard InChI is InChI=1S/C18H18N2O5/c21-15(10-16(22)20-25)11-19-18(24)14-8-6-13(7-9-14)17(23)12-4-2-1-3-5-12/h1-9,15,21,25H,10-11H2,(H,19,24)(H,20,22)/t15-/m0/s1. The third-order valence-electron chi connectivity index (χ3n) is 3.49. The van der Waals surface area contributed by atoms with E-state index in [4.69, 9.17) is 5.21 Å². The lowest BCUT2D eigenvalue weighted by atomic mass is 10.0. The minimum atomic E-state index is -1.12. The van der Waals surface area contributed by atoms with Gasteiger partial charge in [0, 0.05) is 23.2 Å². The summed E-state index contributed by atoms with van der Waals surface area (Å²) >= 11 is 0. The molecular weight excluding hydrogens is 324 g/mol. The second kappa shape index (κ2) is 8.72. The van der Waals surface area contributed by atoms with E-state index in [9.17, 15) is 19.5 Å². The van der Waals surface area contributed by atoms with Crippen molar-refractivity contribution >= 4 is 17.6 Å². The van der Waals surface area contributed by atoms with Crippen molar-refractivity contribution in [1.82, 2.24) is 10.8 Å². The average Bonchev–Trinajstić information content (AvgIpc) is 2.66. The van der Waals surface area contributed by atoms with Crippen LogP contribution in [0.1, 0.15) is 32.7 Å². The zero-order chi connectivity index (χ0) is 18.2. The highest BCUT2D eigenvalue weighted by molar-refractivity contribution is 6.09. The van der Waals surface area contributed by atoms with Gasteiger partial charge in [-0.25, -0.2) is 5.48 Å². The normalized spacial score (nSPS) is 11.4. The fraction of sp³-hybridized carbons (Fsp3) is 0.167. The van der Waals surface area contributed by atoms with Crippen LogP contribution in [0.5, 0.6) is 0 Å². The van der Waals surface area contributed by atoms with Gasteiger partial charge in [-0.3, -0.25) is 19.6 Å². The summed E-state index contributed by atoms with van der Waals surface area (Å²) < 4.78 is 0. The summed E-state index contributed by atoms with van der Waals surface area (Å²) in [6.07, 6.45) is -1.45. The number of hydrogen-bond donors (Lipinski definition) is 4. The Morgan fingerprint density at radius 2 is 1.44 bits per heavy atom. The van der Waals surface area contributed by atoms with Crippen LogP contribution in [0.4, 0.5) is 0 Å². The largest absolute Gasteiger partial charge is 0.391 e. The Balaban J connectivity index is 1.94. The third kappa shape index (κ3) is 5.23. The number of carbonyl (C=O) groups excluding carboxylic acids is 3. The van der Waals surface area contributed by atoms with Crippen LogP contribution in [0.25, 0.3) is 0 Å². The molecule has 0 radical (unpaired) electrons. The molecule has 0 unspecified atom stereocenters. The number of carbonyl (C=O) groups is 3. The molecule has 0 saturated carbocycles. The lowest BCUT2D eigenvalue weighted by molar-refractivity contribution is -0.131. The Bertz CT molecular complexity index is 744. The molecule has 0 saturated heterocycles. The summed E-state index contributed by atoms with van der Waals surface area (Å²) in [7, 11) is 0. The van der Waals surface area contributed by atoms with Crippen LogP contribution < -0.4 is 10.8 Å². The molecule has 0 heterocycles. The smallest absolute Gasteiger partial charge is 0.251 e. The van der Waals surface area contributed by atoms with E-state index in [0.717, 1.165) is 0 Å². The summed E-state index contributed by atoms with van der Waals surface area (Å²) in [5.41, 5.74) is 2.75. The van der Waals surface area contributed by atoms with Gasteiger partial charge >= 0.3 is 0 Å². The first-order valence-electron chi connectivity index (χ1n) is 7.60. The van der Waals surface area contributed by atoms with Gasteiger partial charge < -0.3 is 10.4 Å². The Morgan fingerprint density at radius 1 is 0.880 bits per heavy atom. The van der Waals surface area contributed by atoms with Crippen molar-refractivity contribution in [1.29, 1.82) is 0 Å². The first kappa shape index (κ1) is 18.3. The van der Waals surface area contributed by atoms with Crippen molar-refractivity contribution in [2.75, 3.05) is 6.54 Å². The van der Waals surface area contributed by atoms with Crippen LogP contribution in [0.15, 0.2) is 54.6 Å². The fourth-order valence-corrected chi connectivity index (χ4v) is 2.17. The van der Waals surface area contributed by atoms with Gasteiger partial charge in [-0.2, -0.15) is 0 Å². The molecule has 2 aromatic rings. The number of amides is 2. The number of ketones is 1. The Labute approximate surface area is 144 Å². The maximum Gasteiger partial charge on any atom is 0.251 e. The predicted octanol–water partition coefficient (Wildman–Crippen LogP) is 0.904. The lowest BCUT2D eigenvalue weighted by Crippen LogP contribution is -2.35. The van der Waals surface area contributed by atoms with E-state index in [2.05, 4.69) is 5.32 Å². The Kier molecular flexibility index (Phi) is 6.39. The number of nitrogens with one attached hydrogen (secondary N) is 2. The first-order chi connectivity index (χ1) is 12.0. The second-order valence-corrected chi connectivity index (χ2v) is 5.38. The van der Waals surface area contributed by atoms with Crippen molar-refractivity contribution in [2.45, 2.75) is 12.5 Å². The van der Waals surface area contributed by atoms with Gasteiger partial charge in [0.1, 0.15) is 0 Å². The Morgan fingerprint density at radius 3 is 2.04 bits per heavy atom. The SMILES string of the molecule is O=C(C[C@H](O)CNC(=O)c1ccc(C(=O)c2ccccc2)cc1)NO. The molecule has 0 aromatic heterocycles. The van der Waals surface area contributed by atoms with Crippen LogP contribution in [0.2, 0.25) is 0 Å². The number of aliphatic hydroxyl groups is 1. The van der Waals surface area contributed by atoms with E-state index in [1.807, 2.05) is 6.07 Å². The zero-order valence-corrected chi connectivity index (χ0v) is 13.3. The van der Waals surface area contributed by atoms with Gasteiger partial charge in [-0.05, 0) is 12.1 Å². The van der Waals surface area contributed by atoms with Crippen molar-refractivity contribution in [3.8, 4) is 0 Å². The number of hydrogen-bond acceptors (Lipinski definition) is 5. The van der Waals surface area contributed by atoms with E-state index >= 15 is 0 Å². The van der Waals surface area contributed by atoms with E-state index in [1.165, 1.54) is 17.6 Å². The maximum atomic E-state index is 12.3. The van der Waals surface area contributed by atoms with Crippen LogP contribution in [-0.4, -0.2) is 40.6 Å². The summed E-state index contributed by atoms with van der Waals surface area (Å²) in [5.74, 6) is -1.33. The minimum absolute atomic E-state index is 0.141. The second-order valence-electron chi connectivity index (χ2n) is 5.38. The topological polar surface area (TPSA) is 116 Å². The summed E-state index contributed by atoms with van der Waals surface area (Å²) in [5, 5.41) is 20.4. The molecule has 7 heteroatoms. The molecule has 130 valence electrons. The van der Waals surface area contributed by atoms with Gasteiger partial charge in [0.15, 0.2) is 5.78 Å². The number of aliphatic hydroxyl groups excluding tert-OH is 1. The summed E-state index contributed by atoms with van der Waals surface area (Å²) in [4.78, 5) is 35.2. The van der Waals surface area contributed by atoms with Crippen molar-refractivity contribution < 1.29 is 24.7 Å². The molecule has 2 amide bonds. The maximum absolute atomic E-state index is 12.3. The van der Waals surface area contributed by atoms with Crippen LogP contribution >= 0.6 is 0 Å². The number of benzene rings is 2. The first-order valence-corrected chi connectivity index (χ1v) is 7.60. The molecule has 7 nitrogen and oxygen atoms in total. The van der Waals surface area contributed by atoms with Crippen LogP contribution in [0, 0.1) is 0 Å². The molecular formula is C18H18N2O5. The highest BCUT2D eigenvalue weighted by Gasteiger charge is 2.13. The quantitative estimate of drug-likeness (QED) is 0.339. The van der Waals surface area contributed by atoms with Gasteiger partial charge in [0.25, 0.3) is 5.91 Å². The lowest BCUT2D eigenvalue weighted by Gasteiger charge is -2.11. The van der Waals surface area contributed by atoms with Crippen molar-refractivity contribution in [2.24, 2.45) is 0 Å². The predicted molar refractivity (Wildman–Crippen MR) is 89.2 cm³/mol.